The van der Waals surface area contributed by atoms with Gasteiger partial charge in [0.25, 0.3) is 0 Å². The Kier molecular flexibility index (Phi) is 2.69. The highest BCUT2D eigenvalue weighted by Gasteiger charge is 2.15. The van der Waals surface area contributed by atoms with Gasteiger partial charge in [-0.25, -0.2) is 0 Å². The van der Waals surface area contributed by atoms with Crippen LogP contribution in [-0.4, -0.2) is 18.0 Å². The van der Waals surface area contributed by atoms with Gasteiger partial charge in [-0.15, -0.1) is 0 Å². The van der Waals surface area contributed by atoms with Crippen molar-refractivity contribution in [2.45, 2.75) is 20.4 Å². The molecule has 1 heteroatoms. The average molecular weight is 187 g/mol. The van der Waals surface area contributed by atoms with Gasteiger partial charge in [-0.1, -0.05) is 41.5 Å². The lowest BCUT2D eigenvalue weighted by Gasteiger charge is -2.15. The molecule has 0 atom stereocenters. The maximum Gasteiger partial charge on any atom is 0.0240 e. The van der Waals surface area contributed by atoms with Gasteiger partial charge in [-0.2, -0.15) is 0 Å². The first-order valence-electron chi connectivity index (χ1n) is 5.17. The van der Waals surface area contributed by atoms with E-state index in [1.54, 1.807) is 11.1 Å². The van der Waals surface area contributed by atoms with Crippen LogP contribution in [-0.2, 0) is 6.54 Å². The van der Waals surface area contributed by atoms with Gasteiger partial charge in [0.1, 0.15) is 0 Å². The first-order chi connectivity index (χ1) is 6.75. The Morgan fingerprint density at radius 1 is 1.00 bits per heavy atom. The van der Waals surface area contributed by atoms with Gasteiger partial charge in [-0.05, 0) is 19.4 Å². The molecule has 0 bridgehead atoms. The van der Waals surface area contributed by atoms with Gasteiger partial charge < -0.3 is 0 Å². The van der Waals surface area contributed by atoms with E-state index in [1.807, 2.05) is 0 Å². The van der Waals surface area contributed by atoms with Crippen LogP contribution in [0.4, 0.5) is 0 Å². The third kappa shape index (κ3) is 2.05. The highest BCUT2D eigenvalue weighted by molar-refractivity contribution is 5.21. The lowest BCUT2D eigenvalue weighted by molar-refractivity contribution is 0.337. The summed E-state index contributed by atoms with van der Waals surface area (Å²) in [6, 6.07) is 10.7. The van der Waals surface area contributed by atoms with Crippen molar-refractivity contribution in [2.24, 2.45) is 0 Å². The van der Waals surface area contributed by atoms with E-state index in [1.165, 1.54) is 5.56 Å². The fraction of sp³-hybridized carbons (Fsp3) is 0.385. The molecule has 74 valence electrons. The molecule has 0 radical (unpaired) electrons. The number of benzene rings is 1. The molecule has 1 aromatic rings. The molecular formula is C13H17N. The monoisotopic (exact) mass is 187 g/mol. The van der Waals surface area contributed by atoms with Crippen LogP contribution < -0.4 is 0 Å². The fourth-order valence-electron chi connectivity index (χ4n) is 1.95. The van der Waals surface area contributed by atoms with Crippen molar-refractivity contribution in [3.8, 4) is 0 Å². The van der Waals surface area contributed by atoms with Crippen molar-refractivity contribution in [3.05, 3.63) is 47.0 Å². The predicted molar refractivity (Wildman–Crippen MR) is 60.1 cm³/mol. The van der Waals surface area contributed by atoms with Crippen LogP contribution in [0.2, 0.25) is 0 Å². The first kappa shape index (κ1) is 9.47. The van der Waals surface area contributed by atoms with Crippen LogP contribution in [0.1, 0.15) is 19.4 Å². The van der Waals surface area contributed by atoms with Crippen LogP contribution in [0.3, 0.4) is 0 Å². The standard InChI is InChI=1S/C13H17N/c1-11-8-14(9-12(11)2)10-13-6-4-3-5-7-13/h3-7H,8-10H2,1-2H3. The van der Waals surface area contributed by atoms with Crippen molar-refractivity contribution in [2.75, 3.05) is 13.1 Å². The van der Waals surface area contributed by atoms with Crippen molar-refractivity contribution in [1.82, 2.24) is 4.90 Å². The predicted octanol–water partition coefficient (Wildman–Crippen LogP) is 2.84. The average Bonchev–Trinajstić information content (AvgIpc) is 2.47. The molecule has 0 unspecified atom stereocenters. The molecule has 0 saturated carbocycles. The fourth-order valence-corrected chi connectivity index (χ4v) is 1.95. The third-order valence-corrected chi connectivity index (χ3v) is 2.90. The SMILES string of the molecule is CC1=C(C)CN(Cc2ccccc2)C1. The number of hydrogen-bond donors (Lipinski definition) is 0. The van der Waals surface area contributed by atoms with Crippen LogP contribution in [0.5, 0.6) is 0 Å². The van der Waals surface area contributed by atoms with Gasteiger partial charge in [0.15, 0.2) is 0 Å². The van der Waals surface area contributed by atoms with E-state index in [9.17, 15) is 0 Å². The molecule has 1 nitrogen and oxygen atoms in total. The van der Waals surface area contributed by atoms with Gasteiger partial charge in [-0.3, -0.25) is 4.90 Å². The van der Waals surface area contributed by atoms with Gasteiger partial charge in [0.2, 0.25) is 0 Å². The number of rotatable bonds is 2. The molecule has 1 heterocycles. The summed E-state index contributed by atoms with van der Waals surface area (Å²) < 4.78 is 0. The molecule has 2 rings (SSSR count). The second kappa shape index (κ2) is 3.97. The zero-order chi connectivity index (χ0) is 9.97. The minimum absolute atomic E-state index is 1.08. The molecule has 0 fully saturated rings. The molecule has 0 aromatic heterocycles. The molecule has 0 aliphatic carbocycles. The Morgan fingerprint density at radius 3 is 2.14 bits per heavy atom. The highest BCUT2D eigenvalue weighted by atomic mass is 15.1. The van der Waals surface area contributed by atoms with Crippen LogP contribution in [0.15, 0.2) is 41.5 Å². The Morgan fingerprint density at radius 2 is 1.57 bits per heavy atom. The van der Waals surface area contributed by atoms with Crippen LogP contribution >= 0.6 is 0 Å². The van der Waals surface area contributed by atoms with Crippen molar-refractivity contribution in [3.63, 3.8) is 0 Å². The second-order valence-electron chi connectivity index (χ2n) is 4.19. The van der Waals surface area contributed by atoms with Crippen LogP contribution in [0.25, 0.3) is 0 Å². The Hall–Kier alpha value is -1.08. The number of hydrogen-bond acceptors (Lipinski definition) is 1. The molecular weight excluding hydrogens is 170 g/mol. The smallest absolute Gasteiger partial charge is 0.0240 e. The summed E-state index contributed by atoms with van der Waals surface area (Å²) >= 11 is 0. The Balaban J connectivity index is 1.96. The zero-order valence-corrected chi connectivity index (χ0v) is 8.96. The zero-order valence-electron chi connectivity index (χ0n) is 8.96. The van der Waals surface area contributed by atoms with Gasteiger partial charge in [0, 0.05) is 19.6 Å². The molecule has 1 aliphatic rings. The minimum Gasteiger partial charge on any atom is -0.291 e. The summed E-state index contributed by atoms with van der Waals surface area (Å²) in [5.74, 6) is 0. The second-order valence-corrected chi connectivity index (χ2v) is 4.19. The van der Waals surface area contributed by atoms with E-state index in [4.69, 9.17) is 0 Å². The van der Waals surface area contributed by atoms with E-state index in [0.717, 1.165) is 19.6 Å². The van der Waals surface area contributed by atoms with E-state index in [0.29, 0.717) is 0 Å². The summed E-state index contributed by atoms with van der Waals surface area (Å²) in [6.45, 7) is 7.83. The van der Waals surface area contributed by atoms with Gasteiger partial charge >= 0.3 is 0 Å². The van der Waals surface area contributed by atoms with E-state index in [2.05, 4.69) is 49.1 Å². The number of nitrogens with zero attached hydrogens (tertiary/aromatic N) is 1. The van der Waals surface area contributed by atoms with Crippen molar-refractivity contribution in [1.29, 1.82) is 0 Å². The van der Waals surface area contributed by atoms with Crippen LogP contribution in [0, 0.1) is 0 Å². The Labute approximate surface area is 86.1 Å². The molecule has 0 saturated heterocycles. The molecule has 0 N–H and O–H groups in total. The van der Waals surface area contributed by atoms with Gasteiger partial charge in [0.05, 0.1) is 0 Å². The third-order valence-electron chi connectivity index (χ3n) is 2.90. The molecule has 14 heavy (non-hydrogen) atoms. The van der Waals surface area contributed by atoms with E-state index >= 15 is 0 Å². The lowest BCUT2D eigenvalue weighted by atomic mass is 10.2. The summed E-state index contributed by atoms with van der Waals surface area (Å²) in [4.78, 5) is 2.49. The minimum atomic E-state index is 1.08. The molecule has 1 aliphatic heterocycles. The Bertz CT molecular complexity index is 324. The lowest BCUT2D eigenvalue weighted by Crippen LogP contribution is -2.20. The largest absolute Gasteiger partial charge is 0.291 e. The summed E-state index contributed by atoms with van der Waals surface area (Å²) in [7, 11) is 0. The quantitative estimate of drug-likeness (QED) is 0.643. The summed E-state index contributed by atoms with van der Waals surface area (Å²) in [5, 5.41) is 0. The summed E-state index contributed by atoms with van der Waals surface area (Å²) in [5.41, 5.74) is 4.50. The molecule has 1 aromatic carbocycles. The normalized spacial score (nSPS) is 17.9. The highest BCUT2D eigenvalue weighted by Crippen LogP contribution is 2.18. The van der Waals surface area contributed by atoms with E-state index in [-0.39, 0.29) is 0 Å². The molecule has 0 amide bonds. The first-order valence-corrected chi connectivity index (χ1v) is 5.17. The van der Waals surface area contributed by atoms with Crippen molar-refractivity contribution < 1.29 is 0 Å². The van der Waals surface area contributed by atoms with E-state index < -0.39 is 0 Å². The summed E-state index contributed by atoms with van der Waals surface area (Å²) in [6.07, 6.45) is 0. The van der Waals surface area contributed by atoms with Crippen molar-refractivity contribution >= 4 is 0 Å². The maximum absolute atomic E-state index is 2.49. The molecule has 0 spiro atoms. The topological polar surface area (TPSA) is 3.24 Å². The maximum atomic E-state index is 2.49.